The minimum atomic E-state index is -2.78. The van der Waals surface area contributed by atoms with Crippen LogP contribution in [-0.4, -0.2) is 18.1 Å². The number of benzene rings is 4. The van der Waals surface area contributed by atoms with E-state index in [4.69, 9.17) is 0 Å². The lowest BCUT2D eigenvalue weighted by molar-refractivity contribution is 0.441. The zero-order valence-electron chi connectivity index (χ0n) is 65.1. The van der Waals surface area contributed by atoms with Crippen molar-refractivity contribution in [3.05, 3.63) is 117 Å². The highest BCUT2D eigenvalue weighted by Gasteiger charge is 2.42. The highest BCUT2D eigenvalue weighted by Crippen LogP contribution is 2.40. The second kappa shape index (κ2) is 37.1. The van der Waals surface area contributed by atoms with Gasteiger partial charge in [0.25, 0.3) is 0 Å². The van der Waals surface area contributed by atoms with Crippen molar-refractivity contribution in [1.29, 1.82) is 0 Å². The van der Waals surface area contributed by atoms with Gasteiger partial charge < -0.3 is 4.12 Å². The zero-order valence-corrected chi connectivity index (χ0v) is 67.4. The maximum atomic E-state index is 9.58. The molecule has 0 atom stereocenters. The van der Waals surface area contributed by atoms with E-state index in [0.29, 0.717) is 0 Å². The standard InChI is InChI=1S/C88H150OSi2/c1-25-33-41-57-81(9,10)69-49-53-73(85(17,18)61-45-37-29-5)77(65-69)90(78-66-70(82(11,12)58-42-34-26-2)50-54-74(78)86(19,20)62-46-38-30-6)89-91(79-67-71(83(13,14)59-43-35-27-3)51-55-75(79)87(21,22)63-47-39-31-7)80-68-72(84(15,16)60-44-36-28-4)52-56-76(80)88(23,24)64-48-40-32-8/h49-56,65-68,90-91H,25-48,57-64H2,1-24H3. The molecule has 0 heterocycles. The molecule has 1 nitrogen and oxygen atoms in total. The summed E-state index contributed by atoms with van der Waals surface area (Å²) in [6, 6.07) is 32.5. The predicted octanol–water partition coefficient (Wildman–Crippen LogP) is 24.9. The lowest BCUT2D eigenvalue weighted by atomic mass is 9.76. The van der Waals surface area contributed by atoms with Crippen molar-refractivity contribution < 1.29 is 4.12 Å². The molecule has 0 aliphatic carbocycles. The van der Waals surface area contributed by atoms with Crippen LogP contribution in [0.3, 0.4) is 0 Å². The Bertz CT molecular complexity index is 2350. The molecule has 4 aromatic carbocycles. The molecule has 0 bridgehead atoms. The van der Waals surface area contributed by atoms with Crippen molar-refractivity contribution in [2.75, 3.05) is 0 Å². The average molecular weight is 1280 g/mol. The molecule has 0 fully saturated rings. The Kier molecular flexibility index (Phi) is 32.9. The summed E-state index contributed by atoms with van der Waals surface area (Å²) >= 11 is 0. The fourth-order valence-corrected chi connectivity index (χ4v) is 24.2. The lowest BCUT2D eigenvalue weighted by Crippen LogP contribution is -2.61. The summed E-state index contributed by atoms with van der Waals surface area (Å²) < 4.78 is 9.58. The van der Waals surface area contributed by atoms with Crippen LogP contribution < -0.4 is 20.7 Å². The molecule has 91 heavy (non-hydrogen) atoms. The third-order valence-corrected chi connectivity index (χ3v) is 29.2. The minimum absolute atomic E-state index is 0.0106. The van der Waals surface area contributed by atoms with Crippen LogP contribution in [0.25, 0.3) is 0 Å². The van der Waals surface area contributed by atoms with Gasteiger partial charge in [0.05, 0.1) is 0 Å². The van der Waals surface area contributed by atoms with Crippen LogP contribution >= 0.6 is 0 Å². The number of hydrogen-bond acceptors (Lipinski definition) is 1. The molecular weight excluding hydrogens is 1130 g/mol. The molecule has 516 valence electrons. The Balaban J connectivity index is 2.57. The van der Waals surface area contributed by atoms with Gasteiger partial charge in [-0.05, 0) is 160 Å². The summed E-state index contributed by atoms with van der Waals surface area (Å²) in [6.45, 7) is 60.6. The van der Waals surface area contributed by atoms with Crippen LogP contribution in [0, 0.1) is 0 Å². The predicted molar refractivity (Wildman–Crippen MR) is 417 cm³/mol. The van der Waals surface area contributed by atoms with Crippen LogP contribution in [0.15, 0.2) is 72.8 Å². The van der Waals surface area contributed by atoms with Gasteiger partial charge in [0.15, 0.2) is 0 Å². The summed E-state index contributed by atoms with van der Waals surface area (Å²) in [5.74, 6) is 0. The first-order valence-electron chi connectivity index (χ1n) is 39.1. The molecule has 3 heteroatoms. The van der Waals surface area contributed by atoms with Crippen molar-refractivity contribution in [2.24, 2.45) is 0 Å². The van der Waals surface area contributed by atoms with Crippen molar-refractivity contribution in [1.82, 2.24) is 0 Å². The largest absolute Gasteiger partial charge is 0.446 e. The summed E-state index contributed by atoms with van der Waals surface area (Å²) in [5.41, 5.74) is 12.1. The van der Waals surface area contributed by atoms with E-state index in [-0.39, 0.29) is 43.3 Å². The fraction of sp³-hybridized carbons (Fsp3) is 0.727. The van der Waals surface area contributed by atoms with Crippen LogP contribution in [-0.2, 0) is 47.4 Å². The van der Waals surface area contributed by atoms with Gasteiger partial charge in [-0.15, -0.1) is 0 Å². The number of hydrogen-bond donors (Lipinski definition) is 0. The normalized spacial score (nSPS) is 13.4. The fourth-order valence-electron chi connectivity index (χ4n) is 15.7. The quantitative estimate of drug-likeness (QED) is 0.0316. The smallest absolute Gasteiger partial charge is 0.229 e. The Morgan fingerprint density at radius 1 is 0.220 bits per heavy atom. The topological polar surface area (TPSA) is 9.23 Å². The molecule has 0 aliphatic rings. The minimum Gasteiger partial charge on any atom is -0.446 e. The molecule has 0 aliphatic heterocycles. The molecule has 4 rings (SSSR count). The average Bonchev–Trinajstić information content (AvgIpc) is 0.798. The van der Waals surface area contributed by atoms with Crippen molar-refractivity contribution in [2.45, 2.75) is 415 Å². The number of rotatable bonds is 46. The molecule has 0 radical (unpaired) electrons. The van der Waals surface area contributed by atoms with Gasteiger partial charge in [0, 0.05) is 0 Å². The van der Waals surface area contributed by atoms with Crippen molar-refractivity contribution >= 4 is 38.8 Å². The van der Waals surface area contributed by atoms with Crippen LogP contribution in [0.1, 0.15) is 416 Å². The molecular formula is C88H150OSi2. The first-order chi connectivity index (χ1) is 42.8. The Morgan fingerprint density at radius 2 is 0.374 bits per heavy atom. The second-order valence-electron chi connectivity index (χ2n) is 34.8. The first kappa shape index (κ1) is 80.7. The van der Waals surface area contributed by atoms with Crippen molar-refractivity contribution in [3.63, 3.8) is 0 Å². The Labute approximate surface area is 571 Å². The lowest BCUT2D eigenvalue weighted by Gasteiger charge is -2.40. The molecule has 0 saturated carbocycles. The number of unbranched alkanes of at least 4 members (excludes halogenated alkanes) is 16. The third-order valence-electron chi connectivity index (χ3n) is 22.9. The summed E-state index contributed by atoms with van der Waals surface area (Å²) in [6.07, 6.45) is 39.5. The van der Waals surface area contributed by atoms with Gasteiger partial charge in [0.1, 0.15) is 0 Å². The Hall–Kier alpha value is -2.73. The third kappa shape index (κ3) is 23.2. The van der Waals surface area contributed by atoms with Crippen LogP contribution in [0.2, 0.25) is 0 Å². The van der Waals surface area contributed by atoms with E-state index < -0.39 is 18.1 Å². The SMILES string of the molecule is CCCCCC(C)(C)c1ccc(C(C)(C)CCCCC)c([SiH](O[SiH](c2cc(C(C)(C)CCCCC)ccc2C(C)(C)CCCCC)c2cc(C(C)(C)CCCCC)ccc2C(C)(C)CCCCC)c2cc(C(C)(C)CCCCC)ccc2C(C)(C)CCCCC)c1. The summed E-state index contributed by atoms with van der Waals surface area (Å²) in [4.78, 5) is 0. The maximum absolute atomic E-state index is 9.58. The molecule has 4 aromatic rings. The summed E-state index contributed by atoms with van der Waals surface area (Å²) in [7, 11) is -5.56. The first-order valence-corrected chi connectivity index (χ1v) is 42.3. The molecule has 0 unspecified atom stereocenters. The monoisotopic (exact) mass is 1280 g/mol. The van der Waals surface area contributed by atoms with Gasteiger partial charge in [-0.25, -0.2) is 0 Å². The van der Waals surface area contributed by atoms with E-state index in [2.05, 4.69) is 239 Å². The molecule has 0 spiro atoms. The van der Waals surface area contributed by atoms with Gasteiger partial charge in [-0.2, -0.15) is 0 Å². The van der Waals surface area contributed by atoms with E-state index >= 15 is 0 Å². The molecule has 0 aromatic heterocycles. The Morgan fingerprint density at radius 3 is 0.527 bits per heavy atom. The van der Waals surface area contributed by atoms with E-state index in [1.54, 1.807) is 43.0 Å². The van der Waals surface area contributed by atoms with Crippen molar-refractivity contribution in [3.8, 4) is 0 Å². The van der Waals surface area contributed by atoms with Crippen LogP contribution in [0.4, 0.5) is 0 Å². The van der Waals surface area contributed by atoms with E-state index in [1.165, 1.54) is 228 Å². The maximum Gasteiger partial charge on any atom is 0.229 e. The molecule has 0 N–H and O–H groups in total. The molecule has 0 amide bonds. The summed E-state index contributed by atoms with van der Waals surface area (Å²) in [5, 5.41) is 6.30. The van der Waals surface area contributed by atoms with E-state index in [9.17, 15) is 4.12 Å². The van der Waals surface area contributed by atoms with Gasteiger partial charge in [0.2, 0.25) is 18.1 Å². The zero-order chi connectivity index (χ0) is 67.9. The van der Waals surface area contributed by atoms with Gasteiger partial charge >= 0.3 is 0 Å². The van der Waals surface area contributed by atoms with Gasteiger partial charge in [-0.1, -0.05) is 393 Å². The van der Waals surface area contributed by atoms with Crippen LogP contribution in [0.5, 0.6) is 0 Å². The van der Waals surface area contributed by atoms with Gasteiger partial charge in [-0.3, -0.25) is 0 Å². The highest BCUT2D eigenvalue weighted by atomic mass is 28.4. The second-order valence-corrected chi connectivity index (χ2v) is 39.9. The highest BCUT2D eigenvalue weighted by molar-refractivity contribution is 6.92. The molecule has 0 saturated heterocycles. The van der Waals surface area contributed by atoms with E-state index in [1.807, 2.05) is 0 Å². The van der Waals surface area contributed by atoms with E-state index in [0.717, 1.165) is 0 Å².